The van der Waals surface area contributed by atoms with E-state index < -0.39 is 21.3 Å². The lowest BCUT2D eigenvalue weighted by molar-refractivity contribution is -0.116. The summed E-state index contributed by atoms with van der Waals surface area (Å²) in [6.07, 6.45) is 0. The maximum Gasteiger partial charge on any atom is 0.270 e. The van der Waals surface area contributed by atoms with Crippen LogP contribution in [0.25, 0.3) is 0 Å². The predicted molar refractivity (Wildman–Crippen MR) is 121 cm³/mol. The lowest BCUT2D eigenvalue weighted by Crippen LogP contribution is -2.33. The molecule has 0 aliphatic heterocycles. The molecule has 0 spiro atoms. The summed E-state index contributed by atoms with van der Waals surface area (Å²) in [5.41, 5.74) is 3.59. The van der Waals surface area contributed by atoms with Crippen LogP contribution in [0.3, 0.4) is 0 Å². The fraction of sp³-hybridized carbons (Fsp3) is 0.250. The average molecular weight is 439 g/mol. The van der Waals surface area contributed by atoms with E-state index in [0.29, 0.717) is 16.9 Å². The summed E-state index contributed by atoms with van der Waals surface area (Å²) in [7, 11) is -4.03. The second-order valence-corrected chi connectivity index (χ2v) is 9.71. The van der Waals surface area contributed by atoms with Crippen molar-refractivity contribution in [3.05, 3.63) is 86.8 Å². The third-order valence-corrected chi connectivity index (χ3v) is 7.22. The number of aryl methyl sites for hydroxylation is 5. The van der Waals surface area contributed by atoms with Gasteiger partial charge in [-0.15, -0.1) is 0 Å². The highest BCUT2D eigenvalue weighted by atomic mass is 32.2. The molecule has 3 aromatic rings. The molecule has 0 saturated carbocycles. The lowest BCUT2D eigenvalue weighted by atomic mass is 10.1. The number of carbonyl (C=O) groups excluding carboxylic acids is 1. The molecule has 0 atom stereocenters. The van der Waals surface area contributed by atoms with E-state index in [1.807, 2.05) is 39.0 Å². The second kappa shape index (κ2) is 8.51. The molecule has 6 nitrogen and oxygen atoms in total. The van der Waals surface area contributed by atoms with Crippen LogP contribution in [0.15, 0.2) is 63.1 Å². The Morgan fingerprint density at radius 3 is 2.06 bits per heavy atom. The molecular formula is C24H26N2O4S. The van der Waals surface area contributed by atoms with Gasteiger partial charge in [0.05, 0.1) is 4.90 Å². The van der Waals surface area contributed by atoms with Crippen LogP contribution in [0.5, 0.6) is 0 Å². The Bertz CT molecular complexity index is 1300. The molecule has 1 aromatic heterocycles. The molecule has 1 N–H and O–H groups in total. The summed E-state index contributed by atoms with van der Waals surface area (Å²) in [5, 5.41) is 2.84. The molecule has 3 rings (SSSR count). The summed E-state index contributed by atoms with van der Waals surface area (Å²) in [4.78, 5) is 25.7. The molecule has 0 unspecified atom stereocenters. The number of sulfone groups is 1. The van der Waals surface area contributed by atoms with Crippen molar-refractivity contribution in [3.8, 4) is 0 Å². The first-order valence-electron chi connectivity index (χ1n) is 9.91. The molecule has 0 aliphatic rings. The van der Waals surface area contributed by atoms with Crippen molar-refractivity contribution < 1.29 is 13.2 Å². The van der Waals surface area contributed by atoms with Crippen molar-refractivity contribution in [3.63, 3.8) is 0 Å². The molecule has 0 saturated heterocycles. The van der Waals surface area contributed by atoms with Crippen LogP contribution < -0.4 is 10.9 Å². The number of anilines is 1. The molecule has 162 valence electrons. The first-order chi connectivity index (χ1) is 14.5. The predicted octanol–water partition coefficient (Wildman–Crippen LogP) is 3.86. The Balaban J connectivity index is 2.02. The van der Waals surface area contributed by atoms with E-state index in [1.54, 1.807) is 32.0 Å². The number of hydrogen-bond acceptors (Lipinski definition) is 4. The number of aromatic nitrogens is 1. The molecule has 0 radical (unpaired) electrons. The molecule has 1 amide bonds. The summed E-state index contributed by atoms with van der Waals surface area (Å²) in [6, 6.07) is 13.6. The number of nitrogens with one attached hydrogen (secondary N) is 1. The van der Waals surface area contributed by atoms with E-state index in [9.17, 15) is 18.0 Å². The Labute approximate surface area is 182 Å². The molecule has 31 heavy (non-hydrogen) atoms. The summed E-state index contributed by atoms with van der Waals surface area (Å²) >= 11 is 0. The molecule has 1 heterocycles. The minimum atomic E-state index is -4.03. The lowest BCUT2D eigenvalue weighted by Gasteiger charge is -2.16. The van der Waals surface area contributed by atoms with E-state index in [1.165, 1.54) is 16.7 Å². The van der Waals surface area contributed by atoms with Crippen LogP contribution in [0.1, 0.15) is 27.9 Å². The van der Waals surface area contributed by atoms with Crippen LogP contribution in [0.2, 0.25) is 0 Å². The zero-order chi connectivity index (χ0) is 22.9. The van der Waals surface area contributed by atoms with Crippen LogP contribution in [-0.2, 0) is 21.2 Å². The fourth-order valence-corrected chi connectivity index (χ4v) is 5.15. The molecule has 0 bridgehead atoms. The second-order valence-electron chi connectivity index (χ2n) is 7.82. The third-order valence-electron chi connectivity index (χ3n) is 5.30. The first-order valence-corrected chi connectivity index (χ1v) is 11.4. The van der Waals surface area contributed by atoms with Gasteiger partial charge in [0.15, 0.2) is 0 Å². The van der Waals surface area contributed by atoms with Crippen molar-refractivity contribution in [1.82, 2.24) is 4.57 Å². The van der Waals surface area contributed by atoms with Gasteiger partial charge in [0.2, 0.25) is 15.7 Å². The van der Waals surface area contributed by atoms with E-state index >= 15 is 0 Å². The van der Waals surface area contributed by atoms with Gasteiger partial charge >= 0.3 is 0 Å². The van der Waals surface area contributed by atoms with E-state index in [0.717, 1.165) is 16.7 Å². The standard InChI is InChI=1S/C24H26N2O4S/c1-15-9-11-20(12-10-15)31(29,30)23-18(4)13-19(5)26(24(23)28)14-21(27)25-22-16(2)7-6-8-17(22)3/h6-13H,14H2,1-5H3,(H,25,27). The number of hydrogen-bond donors (Lipinski definition) is 1. The van der Waals surface area contributed by atoms with E-state index in [-0.39, 0.29) is 16.3 Å². The zero-order valence-corrected chi connectivity index (χ0v) is 19.1. The molecule has 7 heteroatoms. The van der Waals surface area contributed by atoms with Crippen LogP contribution in [-0.4, -0.2) is 18.9 Å². The average Bonchev–Trinajstić information content (AvgIpc) is 2.68. The van der Waals surface area contributed by atoms with E-state index in [4.69, 9.17) is 0 Å². The van der Waals surface area contributed by atoms with Gasteiger partial charge in [-0.05, 0) is 69.5 Å². The number of rotatable bonds is 5. The van der Waals surface area contributed by atoms with Gasteiger partial charge in [-0.2, -0.15) is 0 Å². The van der Waals surface area contributed by atoms with E-state index in [2.05, 4.69) is 5.32 Å². The monoisotopic (exact) mass is 438 g/mol. The topological polar surface area (TPSA) is 85.2 Å². The maximum absolute atomic E-state index is 13.2. The highest BCUT2D eigenvalue weighted by molar-refractivity contribution is 7.91. The Morgan fingerprint density at radius 2 is 1.48 bits per heavy atom. The van der Waals surface area contributed by atoms with Crippen molar-refractivity contribution in [1.29, 1.82) is 0 Å². The smallest absolute Gasteiger partial charge is 0.270 e. The Hall–Kier alpha value is -3.19. The van der Waals surface area contributed by atoms with Crippen molar-refractivity contribution >= 4 is 21.4 Å². The third kappa shape index (κ3) is 4.46. The van der Waals surface area contributed by atoms with Gasteiger partial charge in [-0.25, -0.2) is 8.42 Å². The van der Waals surface area contributed by atoms with Gasteiger partial charge in [0, 0.05) is 11.4 Å². The van der Waals surface area contributed by atoms with Crippen molar-refractivity contribution in [2.24, 2.45) is 0 Å². The maximum atomic E-state index is 13.2. The van der Waals surface area contributed by atoms with Gasteiger partial charge in [-0.1, -0.05) is 35.9 Å². The van der Waals surface area contributed by atoms with Crippen molar-refractivity contribution in [2.75, 3.05) is 5.32 Å². The SMILES string of the molecule is Cc1ccc(S(=O)(=O)c2c(C)cc(C)n(CC(=O)Nc3c(C)cccc3C)c2=O)cc1. The molecule has 2 aromatic carbocycles. The normalized spacial score (nSPS) is 11.4. The van der Waals surface area contributed by atoms with Gasteiger partial charge in [0.1, 0.15) is 11.4 Å². The molecule has 0 fully saturated rings. The molecule has 0 aliphatic carbocycles. The highest BCUT2D eigenvalue weighted by Crippen LogP contribution is 2.23. The number of nitrogens with zero attached hydrogens (tertiary/aromatic N) is 1. The Morgan fingerprint density at radius 1 is 0.903 bits per heavy atom. The minimum Gasteiger partial charge on any atom is -0.324 e. The van der Waals surface area contributed by atoms with Crippen LogP contribution in [0.4, 0.5) is 5.69 Å². The van der Waals surface area contributed by atoms with Gasteiger partial charge in [-0.3, -0.25) is 9.59 Å². The quantitative estimate of drug-likeness (QED) is 0.655. The zero-order valence-electron chi connectivity index (χ0n) is 18.3. The van der Waals surface area contributed by atoms with Crippen LogP contribution in [0, 0.1) is 34.6 Å². The van der Waals surface area contributed by atoms with Gasteiger partial charge < -0.3 is 9.88 Å². The first kappa shape index (κ1) is 22.5. The fourth-order valence-electron chi connectivity index (χ4n) is 3.60. The van der Waals surface area contributed by atoms with Crippen molar-refractivity contribution in [2.45, 2.75) is 51.0 Å². The minimum absolute atomic E-state index is 0.0497. The summed E-state index contributed by atoms with van der Waals surface area (Å²) in [5.74, 6) is -0.398. The number of benzene rings is 2. The number of para-hydroxylation sites is 1. The largest absolute Gasteiger partial charge is 0.324 e. The molecular weight excluding hydrogens is 412 g/mol. The number of carbonyl (C=O) groups is 1. The number of pyridine rings is 1. The van der Waals surface area contributed by atoms with Gasteiger partial charge in [0.25, 0.3) is 5.56 Å². The Kier molecular flexibility index (Phi) is 6.18. The number of amides is 1. The van der Waals surface area contributed by atoms with Crippen LogP contribution >= 0.6 is 0 Å². The summed E-state index contributed by atoms with van der Waals surface area (Å²) < 4.78 is 27.6. The summed E-state index contributed by atoms with van der Waals surface area (Å²) in [6.45, 7) is 8.63. The highest BCUT2D eigenvalue weighted by Gasteiger charge is 2.26.